The molecular formula is C63H68N2. The number of benzene rings is 8. The molecule has 0 saturated heterocycles. The van der Waals surface area contributed by atoms with Crippen LogP contribution >= 0.6 is 0 Å². The topological polar surface area (TPSA) is 6.48 Å². The Morgan fingerprint density at radius 1 is 0.323 bits per heavy atom. The molecule has 2 nitrogen and oxygen atoms in total. The molecule has 65 heavy (non-hydrogen) atoms. The highest BCUT2D eigenvalue weighted by Gasteiger charge is 2.39. The van der Waals surface area contributed by atoms with E-state index in [1.807, 2.05) is 0 Å². The number of hydrogen-bond acceptors (Lipinski definition) is 2. The molecule has 0 aromatic heterocycles. The molecule has 0 fully saturated rings. The molecule has 0 heterocycles. The molecule has 0 unspecified atom stereocenters. The van der Waals surface area contributed by atoms with Gasteiger partial charge in [-0.25, -0.2) is 0 Å². The van der Waals surface area contributed by atoms with Crippen molar-refractivity contribution in [1.82, 2.24) is 0 Å². The fourth-order valence-corrected chi connectivity index (χ4v) is 10.1. The van der Waals surface area contributed by atoms with E-state index in [9.17, 15) is 0 Å². The lowest BCUT2D eigenvalue weighted by Gasteiger charge is -2.30. The van der Waals surface area contributed by atoms with E-state index in [0.29, 0.717) is 0 Å². The second kappa shape index (κ2) is 15.5. The molecule has 9 rings (SSSR count). The molecular weight excluding hydrogens is 785 g/mol. The van der Waals surface area contributed by atoms with E-state index < -0.39 is 0 Å². The molecule has 0 bridgehead atoms. The quantitative estimate of drug-likeness (QED) is 0.154. The van der Waals surface area contributed by atoms with Crippen LogP contribution in [0.1, 0.15) is 130 Å². The van der Waals surface area contributed by atoms with Gasteiger partial charge in [0, 0.05) is 39.5 Å². The van der Waals surface area contributed by atoms with Crippen molar-refractivity contribution in [2.45, 2.75) is 124 Å². The van der Waals surface area contributed by atoms with Gasteiger partial charge in [-0.3, -0.25) is 0 Å². The molecule has 0 amide bonds. The lowest BCUT2D eigenvalue weighted by Crippen LogP contribution is -2.18. The summed E-state index contributed by atoms with van der Waals surface area (Å²) in [6.45, 7) is 32.3. The number of hydrogen-bond donors (Lipinski definition) is 0. The van der Waals surface area contributed by atoms with Gasteiger partial charge in [-0.1, -0.05) is 182 Å². The van der Waals surface area contributed by atoms with Gasteiger partial charge in [0.15, 0.2) is 0 Å². The highest BCUT2D eigenvalue weighted by atomic mass is 15.1. The van der Waals surface area contributed by atoms with Crippen LogP contribution in [-0.2, 0) is 27.1 Å². The van der Waals surface area contributed by atoms with Crippen LogP contribution < -0.4 is 9.80 Å². The molecule has 0 radical (unpaired) electrons. The smallest absolute Gasteiger partial charge is 0.0468 e. The standard InChI is InChI=1S/C63H68N2/c1-59(2,3)41-19-27-45(28-20-41)64(46-29-21-42(22-30-46)60(4,5)6)49-35-37-53-55(39-49)51-17-15-16-18-52(51)57-54-38-36-50(40-56(54)63(13,14)58(53)57)65(47-31-23-43(24-32-47)61(7,8)9)48-33-25-44(26-34-48)62(10,11)12/h15-40H,1-14H3. The van der Waals surface area contributed by atoms with Gasteiger partial charge in [0.05, 0.1) is 0 Å². The van der Waals surface area contributed by atoms with Crippen molar-refractivity contribution in [1.29, 1.82) is 0 Å². The monoisotopic (exact) mass is 853 g/mol. The first-order valence-electron chi connectivity index (χ1n) is 23.7. The zero-order valence-electron chi connectivity index (χ0n) is 41.4. The van der Waals surface area contributed by atoms with Gasteiger partial charge in [-0.05, 0) is 161 Å². The molecule has 330 valence electrons. The van der Waals surface area contributed by atoms with Crippen LogP contribution in [0.5, 0.6) is 0 Å². The predicted octanol–water partition coefficient (Wildman–Crippen LogP) is 18.4. The number of fused-ring (bicyclic) bond motifs is 8. The molecule has 8 aromatic carbocycles. The molecule has 1 aliphatic carbocycles. The predicted molar refractivity (Wildman–Crippen MR) is 283 cm³/mol. The molecule has 2 heteroatoms. The maximum atomic E-state index is 2.48. The third kappa shape index (κ3) is 7.94. The SMILES string of the molecule is CC(C)(C)c1ccc(N(c2ccc(C(C)(C)C)cc2)c2ccc3c(c2)C(C)(C)c2c-3c3ccccc3c3cc(N(c4ccc(C(C)(C)C)cc4)c4ccc(C(C)(C)C)cc4)ccc23)cc1. The Bertz CT molecular complexity index is 2930. The molecule has 0 saturated carbocycles. The van der Waals surface area contributed by atoms with Crippen molar-refractivity contribution in [3.63, 3.8) is 0 Å². The molecule has 0 spiro atoms. The van der Waals surface area contributed by atoms with E-state index >= 15 is 0 Å². The first kappa shape index (κ1) is 44.1. The number of rotatable bonds is 6. The Labute approximate surface area is 390 Å². The van der Waals surface area contributed by atoms with Crippen LogP contribution in [0.3, 0.4) is 0 Å². The Morgan fingerprint density at radius 2 is 0.662 bits per heavy atom. The largest absolute Gasteiger partial charge is 0.310 e. The van der Waals surface area contributed by atoms with Crippen LogP contribution in [0.4, 0.5) is 34.1 Å². The van der Waals surface area contributed by atoms with Crippen LogP contribution in [0.15, 0.2) is 158 Å². The first-order chi connectivity index (χ1) is 30.5. The Kier molecular flexibility index (Phi) is 10.5. The van der Waals surface area contributed by atoms with Gasteiger partial charge in [0.1, 0.15) is 0 Å². The average molecular weight is 853 g/mol. The van der Waals surface area contributed by atoms with Crippen molar-refractivity contribution in [2.75, 3.05) is 9.80 Å². The summed E-state index contributed by atoms with van der Waals surface area (Å²) in [5.74, 6) is 0. The fourth-order valence-electron chi connectivity index (χ4n) is 10.1. The van der Waals surface area contributed by atoms with Gasteiger partial charge in [0.2, 0.25) is 0 Å². The Hall–Kier alpha value is -6.12. The minimum atomic E-state index is -0.270. The highest BCUT2D eigenvalue weighted by Crippen LogP contribution is 2.56. The van der Waals surface area contributed by atoms with Gasteiger partial charge in [0.25, 0.3) is 0 Å². The van der Waals surface area contributed by atoms with Crippen molar-refractivity contribution >= 4 is 55.7 Å². The third-order valence-electron chi connectivity index (χ3n) is 14.1. The number of nitrogens with zero attached hydrogens (tertiary/aromatic N) is 2. The second-order valence-corrected chi connectivity index (χ2v) is 23.2. The second-order valence-electron chi connectivity index (χ2n) is 23.2. The Morgan fingerprint density at radius 3 is 1.05 bits per heavy atom. The minimum Gasteiger partial charge on any atom is -0.310 e. The summed E-state index contributed by atoms with van der Waals surface area (Å²) in [5, 5.41) is 5.17. The maximum Gasteiger partial charge on any atom is 0.0468 e. The zero-order valence-corrected chi connectivity index (χ0v) is 41.4. The van der Waals surface area contributed by atoms with Crippen LogP contribution in [-0.4, -0.2) is 0 Å². The minimum absolute atomic E-state index is 0.0682. The van der Waals surface area contributed by atoms with Gasteiger partial charge < -0.3 is 9.80 Å². The normalized spacial score (nSPS) is 13.8. The van der Waals surface area contributed by atoms with Gasteiger partial charge >= 0.3 is 0 Å². The summed E-state index contributed by atoms with van der Waals surface area (Å²) in [7, 11) is 0. The van der Waals surface area contributed by atoms with Crippen molar-refractivity contribution < 1.29 is 0 Å². The summed E-state index contributed by atoms with van der Waals surface area (Å²) in [4.78, 5) is 4.88. The van der Waals surface area contributed by atoms with E-state index in [1.54, 1.807) is 0 Å². The van der Waals surface area contributed by atoms with Crippen molar-refractivity contribution in [3.8, 4) is 11.1 Å². The Balaban J connectivity index is 1.21. The number of anilines is 6. The summed E-state index contributed by atoms with van der Waals surface area (Å²) >= 11 is 0. The first-order valence-corrected chi connectivity index (χ1v) is 23.7. The molecule has 8 aromatic rings. The highest BCUT2D eigenvalue weighted by molar-refractivity contribution is 6.19. The molecule has 0 atom stereocenters. The summed E-state index contributed by atoms with van der Waals surface area (Å²) in [6, 6.07) is 60.2. The van der Waals surface area contributed by atoms with Gasteiger partial charge in [-0.2, -0.15) is 0 Å². The van der Waals surface area contributed by atoms with E-state index in [0.717, 1.165) is 34.1 Å². The summed E-state index contributed by atoms with van der Waals surface area (Å²) < 4.78 is 0. The maximum absolute atomic E-state index is 2.48. The van der Waals surface area contributed by atoms with Crippen LogP contribution in [0.25, 0.3) is 32.7 Å². The van der Waals surface area contributed by atoms with E-state index in [-0.39, 0.29) is 27.1 Å². The van der Waals surface area contributed by atoms with E-state index in [4.69, 9.17) is 0 Å². The summed E-state index contributed by atoms with van der Waals surface area (Å²) in [5.41, 5.74) is 17.7. The lowest BCUT2D eigenvalue weighted by molar-refractivity contribution is 0.590. The fraction of sp³-hybridized carbons (Fsp3) is 0.302. The molecule has 0 N–H and O–H groups in total. The zero-order chi connectivity index (χ0) is 46.4. The van der Waals surface area contributed by atoms with Gasteiger partial charge in [-0.15, -0.1) is 0 Å². The third-order valence-corrected chi connectivity index (χ3v) is 14.1. The average Bonchev–Trinajstić information content (AvgIpc) is 3.49. The van der Waals surface area contributed by atoms with Crippen molar-refractivity contribution in [3.05, 3.63) is 191 Å². The van der Waals surface area contributed by atoms with E-state index in [2.05, 4.69) is 264 Å². The van der Waals surface area contributed by atoms with E-state index in [1.165, 1.54) is 66.1 Å². The molecule has 1 aliphatic rings. The van der Waals surface area contributed by atoms with Crippen LogP contribution in [0, 0.1) is 0 Å². The summed E-state index contributed by atoms with van der Waals surface area (Å²) in [6.07, 6.45) is 0. The van der Waals surface area contributed by atoms with Crippen LogP contribution in [0.2, 0.25) is 0 Å². The van der Waals surface area contributed by atoms with Crippen molar-refractivity contribution in [2.24, 2.45) is 0 Å². The lowest BCUT2D eigenvalue weighted by atomic mass is 9.79. The molecule has 0 aliphatic heterocycles.